The molecule has 210 valence electrons. The molecule has 0 unspecified atom stereocenters. The van der Waals surface area contributed by atoms with E-state index >= 15 is 0 Å². The topological polar surface area (TPSA) is 128 Å². The highest BCUT2D eigenvalue weighted by Gasteiger charge is 2.37. The lowest BCUT2D eigenvalue weighted by molar-refractivity contribution is 0.0947. The molecule has 3 atom stereocenters. The molecule has 0 amide bonds. The van der Waals surface area contributed by atoms with Gasteiger partial charge in [0.05, 0.1) is 25.4 Å². The number of hydrogen-bond donors (Lipinski definition) is 0. The Labute approximate surface area is 233 Å². The van der Waals surface area contributed by atoms with Gasteiger partial charge in [-0.05, 0) is 37.6 Å². The monoisotopic (exact) mass is 565 g/mol. The Morgan fingerprint density at radius 2 is 1.68 bits per heavy atom. The van der Waals surface area contributed by atoms with Gasteiger partial charge in [-0.15, -0.1) is 10.2 Å². The van der Waals surface area contributed by atoms with Crippen molar-refractivity contribution in [1.29, 1.82) is 0 Å². The Kier molecular flexibility index (Phi) is 7.72. The second-order valence-electron chi connectivity index (χ2n) is 9.51. The lowest BCUT2D eigenvalue weighted by Gasteiger charge is -2.22. The van der Waals surface area contributed by atoms with Crippen LogP contribution < -0.4 is 14.2 Å². The van der Waals surface area contributed by atoms with Gasteiger partial charge in [0.1, 0.15) is 47.2 Å². The van der Waals surface area contributed by atoms with Crippen LogP contribution in [-0.4, -0.2) is 66.3 Å². The van der Waals surface area contributed by atoms with Crippen molar-refractivity contribution in [2.75, 3.05) is 27.9 Å². The Bertz CT molecular complexity index is 1580. The molecule has 0 spiro atoms. The number of ether oxygens (including phenoxy) is 4. The molecule has 1 aliphatic rings. The van der Waals surface area contributed by atoms with Gasteiger partial charge in [-0.1, -0.05) is 24.3 Å². The first-order valence-electron chi connectivity index (χ1n) is 12.7. The maximum Gasteiger partial charge on any atom is 0.163 e. The van der Waals surface area contributed by atoms with Crippen LogP contribution in [0.15, 0.2) is 54.9 Å². The fraction of sp³-hybridized carbons (Fsp3) is 0.357. The van der Waals surface area contributed by atoms with E-state index in [1.54, 1.807) is 56.3 Å². The third-order valence-corrected chi connectivity index (χ3v) is 9.07. The fourth-order valence-electron chi connectivity index (χ4n) is 4.88. The molecule has 1 aliphatic heterocycles. The van der Waals surface area contributed by atoms with Crippen molar-refractivity contribution in [2.45, 2.75) is 36.9 Å². The predicted molar refractivity (Wildman–Crippen MR) is 147 cm³/mol. The zero-order chi connectivity index (χ0) is 28.4. The molecule has 2 aromatic carbocycles. The normalized spacial score (nSPS) is 16.2. The van der Waals surface area contributed by atoms with E-state index < -0.39 is 26.9 Å². The Balaban J connectivity index is 1.61. The number of nitrogens with zero attached hydrogens (tertiary/aromatic N) is 5. The predicted octanol–water partition coefficient (Wildman–Crippen LogP) is 3.60. The zero-order valence-electron chi connectivity index (χ0n) is 22.9. The summed E-state index contributed by atoms with van der Waals surface area (Å²) in [6.45, 7) is 3.77. The van der Waals surface area contributed by atoms with Crippen LogP contribution in [0.5, 0.6) is 17.2 Å². The minimum absolute atomic E-state index is 0.203. The van der Waals surface area contributed by atoms with Crippen molar-refractivity contribution in [3.8, 4) is 22.9 Å². The average molecular weight is 566 g/mol. The Hall–Kier alpha value is -4.03. The SMILES string of the molecule is COc1cccc(OC)c1-n1c(CS(=O)(=O)[C@@H](C)[C@H](OC)c2ncc(C)cn2)nnc1[C@H]1COc2ccccc21. The highest BCUT2D eigenvalue weighted by Crippen LogP contribution is 2.41. The number of methoxy groups -OCH3 is 3. The van der Waals surface area contributed by atoms with E-state index in [0.717, 1.165) is 16.9 Å². The van der Waals surface area contributed by atoms with E-state index in [9.17, 15) is 8.42 Å². The molecule has 0 bridgehead atoms. The molecule has 4 aromatic rings. The maximum atomic E-state index is 13.9. The van der Waals surface area contributed by atoms with Crippen molar-refractivity contribution >= 4 is 9.84 Å². The van der Waals surface area contributed by atoms with Crippen molar-refractivity contribution in [1.82, 2.24) is 24.7 Å². The summed E-state index contributed by atoms with van der Waals surface area (Å²) in [6.07, 6.45) is 2.38. The highest BCUT2D eigenvalue weighted by atomic mass is 32.2. The number of aromatic nitrogens is 5. The smallest absolute Gasteiger partial charge is 0.163 e. The molecule has 2 aromatic heterocycles. The summed E-state index contributed by atoms with van der Waals surface area (Å²) < 4.78 is 52.3. The minimum Gasteiger partial charge on any atom is -0.494 e. The van der Waals surface area contributed by atoms with Gasteiger partial charge in [0.25, 0.3) is 0 Å². The number of fused-ring (bicyclic) bond motifs is 1. The Morgan fingerprint density at radius 3 is 2.33 bits per heavy atom. The number of sulfone groups is 1. The lowest BCUT2D eigenvalue weighted by atomic mass is 10.0. The lowest BCUT2D eigenvalue weighted by Crippen LogP contribution is -2.30. The third-order valence-electron chi connectivity index (χ3n) is 7.02. The maximum absolute atomic E-state index is 13.9. The Morgan fingerprint density at radius 1 is 1.00 bits per heavy atom. The average Bonchev–Trinajstić information content (AvgIpc) is 3.57. The molecule has 3 heterocycles. The number of para-hydroxylation sites is 2. The molecule has 11 nitrogen and oxygen atoms in total. The molecule has 0 N–H and O–H groups in total. The van der Waals surface area contributed by atoms with Crippen LogP contribution in [0.1, 0.15) is 47.5 Å². The van der Waals surface area contributed by atoms with Gasteiger partial charge in [0.15, 0.2) is 21.5 Å². The molecule has 12 heteroatoms. The van der Waals surface area contributed by atoms with Gasteiger partial charge < -0.3 is 18.9 Å². The van der Waals surface area contributed by atoms with E-state index in [1.165, 1.54) is 7.11 Å². The summed E-state index contributed by atoms with van der Waals surface area (Å²) in [5.74, 6) is 1.98. The number of hydrogen-bond acceptors (Lipinski definition) is 10. The quantitative estimate of drug-likeness (QED) is 0.281. The van der Waals surface area contributed by atoms with E-state index in [-0.39, 0.29) is 17.6 Å². The van der Waals surface area contributed by atoms with Crippen LogP contribution in [0.25, 0.3) is 5.69 Å². The third kappa shape index (κ3) is 5.00. The van der Waals surface area contributed by atoms with Gasteiger partial charge in [0.2, 0.25) is 0 Å². The molecule has 5 rings (SSSR count). The van der Waals surface area contributed by atoms with Crippen LogP contribution in [0.4, 0.5) is 0 Å². The van der Waals surface area contributed by atoms with Crippen molar-refractivity contribution in [3.05, 3.63) is 83.5 Å². The zero-order valence-corrected chi connectivity index (χ0v) is 23.8. The van der Waals surface area contributed by atoms with Crippen molar-refractivity contribution in [2.24, 2.45) is 0 Å². The molecule has 0 aliphatic carbocycles. The van der Waals surface area contributed by atoms with Gasteiger partial charge in [0, 0.05) is 25.1 Å². The number of aryl methyl sites for hydroxylation is 1. The van der Waals surface area contributed by atoms with Crippen LogP contribution in [0.3, 0.4) is 0 Å². The summed E-state index contributed by atoms with van der Waals surface area (Å²) >= 11 is 0. The van der Waals surface area contributed by atoms with Crippen molar-refractivity contribution in [3.63, 3.8) is 0 Å². The summed E-state index contributed by atoms with van der Waals surface area (Å²) in [5, 5.41) is 7.91. The van der Waals surface area contributed by atoms with Crippen LogP contribution in [0.2, 0.25) is 0 Å². The molecular formula is C28H31N5O6S. The van der Waals surface area contributed by atoms with Gasteiger partial charge in [-0.25, -0.2) is 18.4 Å². The van der Waals surface area contributed by atoms with Crippen LogP contribution in [0, 0.1) is 6.92 Å². The number of rotatable bonds is 10. The van der Waals surface area contributed by atoms with E-state index in [0.29, 0.717) is 29.6 Å². The second kappa shape index (κ2) is 11.2. The molecule has 0 saturated heterocycles. The fourth-order valence-corrected chi connectivity index (χ4v) is 6.30. The standard InChI is InChI=1S/C28H31N5O6S/c1-17-13-29-27(30-14-17)26(38-5)18(2)40(34,35)16-24-31-32-28(20-15-39-21-10-7-6-9-19(20)21)33(24)25-22(36-3)11-8-12-23(25)37-4/h6-14,18,20,26H,15-16H2,1-5H3/t18-,20-,26-/m0/s1. The summed E-state index contributed by atoms with van der Waals surface area (Å²) in [6, 6.07) is 13.0. The molecule has 40 heavy (non-hydrogen) atoms. The van der Waals surface area contributed by atoms with Crippen molar-refractivity contribution < 1.29 is 27.4 Å². The number of benzene rings is 2. The van der Waals surface area contributed by atoms with E-state index in [2.05, 4.69) is 20.2 Å². The molecule has 0 saturated carbocycles. The molecule has 0 fully saturated rings. The van der Waals surface area contributed by atoms with E-state index in [1.807, 2.05) is 31.2 Å². The minimum atomic E-state index is -3.86. The molecule has 0 radical (unpaired) electrons. The first kappa shape index (κ1) is 27.5. The highest BCUT2D eigenvalue weighted by molar-refractivity contribution is 7.91. The summed E-state index contributed by atoms with van der Waals surface area (Å²) in [5.41, 5.74) is 2.29. The van der Waals surface area contributed by atoms with Gasteiger partial charge >= 0.3 is 0 Å². The van der Waals surface area contributed by atoms with Crippen LogP contribution >= 0.6 is 0 Å². The first-order valence-corrected chi connectivity index (χ1v) is 14.4. The van der Waals surface area contributed by atoms with E-state index in [4.69, 9.17) is 18.9 Å². The summed E-state index contributed by atoms with van der Waals surface area (Å²) in [4.78, 5) is 8.60. The first-order chi connectivity index (χ1) is 19.3. The molecular weight excluding hydrogens is 534 g/mol. The largest absolute Gasteiger partial charge is 0.494 e. The van der Waals surface area contributed by atoms with Gasteiger partial charge in [-0.3, -0.25) is 4.57 Å². The summed E-state index contributed by atoms with van der Waals surface area (Å²) in [7, 11) is 0.660. The van der Waals surface area contributed by atoms with Crippen LogP contribution in [-0.2, 0) is 20.3 Å². The van der Waals surface area contributed by atoms with Gasteiger partial charge in [-0.2, -0.15) is 0 Å². The second-order valence-corrected chi connectivity index (χ2v) is 11.9.